The number of benzene rings is 1. The van der Waals surface area contributed by atoms with Crippen molar-refractivity contribution < 1.29 is 9.18 Å². The normalized spacial score (nSPS) is 20.0. The lowest BCUT2D eigenvalue weighted by molar-refractivity contribution is 0.0709. The molecule has 98 valence electrons. The van der Waals surface area contributed by atoms with Crippen LogP contribution >= 0.6 is 34.2 Å². The Bertz CT molecular complexity index is 483. The number of amides is 1. The SMILES string of the molecule is C[C@H]1CN(C(=O)c2cc(I)c(F)cc2Cl)CCN1. The lowest BCUT2D eigenvalue weighted by Crippen LogP contribution is -2.51. The molecule has 1 atom stereocenters. The van der Waals surface area contributed by atoms with Gasteiger partial charge >= 0.3 is 0 Å². The Balaban J connectivity index is 2.25. The zero-order valence-electron chi connectivity index (χ0n) is 9.84. The molecule has 3 nitrogen and oxygen atoms in total. The maximum absolute atomic E-state index is 13.3. The van der Waals surface area contributed by atoms with E-state index in [9.17, 15) is 9.18 Å². The summed E-state index contributed by atoms with van der Waals surface area (Å²) in [6.07, 6.45) is 0. The van der Waals surface area contributed by atoms with Crippen LogP contribution in [0, 0.1) is 9.39 Å². The fraction of sp³-hybridized carbons (Fsp3) is 0.417. The summed E-state index contributed by atoms with van der Waals surface area (Å²) in [7, 11) is 0. The van der Waals surface area contributed by atoms with E-state index >= 15 is 0 Å². The molecule has 6 heteroatoms. The van der Waals surface area contributed by atoms with E-state index in [1.807, 2.05) is 29.5 Å². The van der Waals surface area contributed by atoms with Crippen LogP contribution in [-0.2, 0) is 0 Å². The van der Waals surface area contributed by atoms with E-state index in [4.69, 9.17) is 11.6 Å². The molecule has 1 aliphatic heterocycles. The number of hydrogen-bond acceptors (Lipinski definition) is 2. The van der Waals surface area contributed by atoms with Gasteiger partial charge in [-0.15, -0.1) is 0 Å². The quantitative estimate of drug-likeness (QED) is 0.598. The molecule has 1 amide bonds. The van der Waals surface area contributed by atoms with Crippen LogP contribution in [0.15, 0.2) is 12.1 Å². The van der Waals surface area contributed by atoms with Gasteiger partial charge in [0, 0.05) is 29.2 Å². The van der Waals surface area contributed by atoms with Gasteiger partial charge < -0.3 is 10.2 Å². The van der Waals surface area contributed by atoms with E-state index in [1.165, 1.54) is 12.1 Å². The maximum Gasteiger partial charge on any atom is 0.255 e. The Hall–Kier alpha value is -0.400. The maximum atomic E-state index is 13.3. The fourth-order valence-electron chi connectivity index (χ4n) is 1.97. The number of halogens is 3. The summed E-state index contributed by atoms with van der Waals surface area (Å²) in [6, 6.07) is 2.97. The zero-order valence-corrected chi connectivity index (χ0v) is 12.8. The topological polar surface area (TPSA) is 32.3 Å². The molecule has 0 aliphatic carbocycles. The monoisotopic (exact) mass is 382 g/mol. The number of carbonyl (C=O) groups is 1. The fourth-order valence-corrected chi connectivity index (χ4v) is 2.67. The highest BCUT2D eigenvalue weighted by molar-refractivity contribution is 14.1. The number of rotatable bonds is 1. The van der Waals surface area contributed by atoms with Crippen molar-refractivity contribution in [3.63, 3.8) is 0 Å². The number of nitrogens with zero attached hydrogens (tertiary/aromatic N) is 1. The molecule has 18 heavy (non-hydrogen) atoms. The van der Waals surface area contributed by atoms with Crippen molar-refractivity contribution in [1.29, 1.82) is 0 Å². The van der Waals surface area contributed by atoms with Gasteiger partial charge in [-0.3, -0.25) is 4.79 Å². The van der Waals surface area contributed by atoms with Crippen molar-refractivity contribution in [3.8, 4) is 0 Å². The van der Waals surface area contributed by atoms with Gasteiger partial charge in [-0.05, 0) is 41.6 Å². The van der Waals surface area contributed by atoms with Gasteiger partial charge in [0.25, 0.3) is 5.91 Å². The second-order valence-electron chi connectivity index (χ2n) is 4.35. The van der Waals surface area contributed by atoms with Gasteiger partial charge in [0.05, 0.1) is 10.6 Å². The van der Waals surface area contributed by atoms with Gasteiger partial charge in [-0.25, -0.2) is 4.39 Å². The highest BCUT2D eigenvalue weighted by Gasteiger charge is 2.24. The van der Waals surface area contributed by atoms with E-state index in [-0.39, 0.29) is 17.0 Å². The molecule has 1 aliphatic rings. The molecule has 0 bridgehead atoms. The molecule has 2 rings (SSSR count). The number of nitrogens with one attached hydrogen (secondary N) is 1. The summed E-state index contributed by atoms with van der Waals surface area (Å²) < 4.78 is 13.7. The predicted molar refractivity (Wildman–Crippen MR) is 77.5 cm³/mol. The Labute approximate surface area is 124 Å². The third-order valence-corrected chi connectivity index (χ3v) is 4.04. The molecule has 1 heterocycles. The second-order valence-corrected chi connectivity index (χ2v) is 5.92. The molecule has 1 saturated heterocycles. The Morgan fingerprint density at radius 1 is 1.61 bits per heavy atom. The summed E-state index contributed by atoms with van der Waals surface area (Å²) in [5.74, 6) is -0.530. The van der Waals surface area contributed by atoms with Crippen LogP contribution < -0.4 is 5.32 Å². The molecular weight excluding hydrogens is 370 g/mol. The van der Waals surface area contributed by atoms with Crippen molar-refractivity contribution in [2.75, 3.05) is 19.6 Å². The standard InChI is InChI=1S/C12H13ClFIN2O/c1-7-6-17(3-2-16-7)12(18)8-4-11(15)10(14)5-9(8)13/h4-5,7,16H,2-3,6H2,1H3/t7-/m0/s1. The summed E-state index contributed by atoms with van der Waals surface area (Å²) >= 11 is 7.80. The average Bonchev–Trinajstić information content (AvgIpc) is 2.33. The molecule has 0 saturated carbocycles. The minimum atomic E-state index is -0.397. The lowest BCUT2D eigenvalue weighted by Gasteiger charge is -2.32. The van der Waals surface area contributed by atoms with Gasteiger partial charge in [0.2, 0.25) is 0 Å². The Morgan fingerprint density at radius 3 is 3.00 bits per heavy atom. The Morgan fingerprint density at radius 2 is 2.33 bits per heavy atom. The van der Waals surface area contributed by atoms with E-state index in [0.29, 0.717) is 22.2 Å². The molecule has 1 aromatic carbocycles. The van der Waals surface area contributed by atoms with Crippen LogP contribution in [0.2, 0.25) is 5.02 Å². The minimum absolute atomic E-state index is 0.133. The van der Waals surface area contributed by atoms with Crippen molar-refractivity contribution in [2.45, 2.75) is 13.0 Å². The molecule has 0 radical (unpaired) electrons. The third kappa shape index (κ3) is 2.95. The lowest BCUT2D eigenvalue weighted by atomic mass is 10.1. The average molecular weight is 383 g/mol. The summed E-state index contributed by atoms with van der Waals surface area (Å²) in [5.41, 5.74) is 0.372. The van der Waals surface area contributed by atoms with Crippen LogP contribution in [0.1, 0.15) is 17.3 Å². The molecule has 1 fully saturated rings. The highest BCUT2D eigenvalue weighted by atomic mass is 127. The molecule has 0 aromatic heterocycles. The van der Waals surface area contributed by atoms with Crippen LogP contribution in [0.25, 0.3) is 0 Å². The van der Waals surface area contributed by atoms with Crippen molar-refractivity contribution in [3.05, 3.63) is 32.1 Å². The first-order valence-corrected chi connectivity index (χ1v) is 7.12. The summed E-state index contributed by atoms with van der Waals surface area (Å²) in [5, 5.41) is 3.44. The van der Waals surface area contributed by atoms with Crippen LogP contribution in [0.3, 0.4) is 0 Å². The smallest absolute Gasteiger partial charge is 0.255 e. The third-order valence-electron chi connectivity index (χ3n) is 2.90. The van der Waals surface area contributed by atoms with Crippen LogP contribution in [0.5, 0.6) is 0 Å². The van der Waals surface area contributed by atoms with Crippen molar-refractivity contribution in [1.82, 2.24) is 10.2 Å². The van der Waals surface area contributed by atoms with E-state index in [1.54, 1.807) is 4.90 Å². The molecule has 0 unspecified atom stereocenters. The summed E-state index contributed by atoms with van der Waals surface area (Å²) in [4.78, 5) is 14.1. The van der Waals surface area contributed by atoms with Gasteiger partial charge in [0.15, 0.2) is 0 Å². The molecular formula is C12H13ClFIN2O. The first-order chi connectivity index (χ1) is 8.49. The largest absolute Gasteiger partial charge is 0.336 e. The first kappa shape index (κ1) is 14.0. The van der Waals surface area contributed by atoms with E-state index < -0.39 is 5.82 Å². The predicted octanol–water partition coefficient (Wildman–Crippen LogP) is 2.52. The van der Waals surface area contributed by atoms with Crippen LogP contribution in [0.4, 0.5) is 4.39 Å². The highest BCUT2D eigenvalue weighted by Crippen LogP contribution is 2.23. The molecule has 0 spiro atoms. The van der Waals surface area contributed by atoms with Gasteiger partial charge in [-0.2, -0.15) is 0 Å². The number of piperazine rings is 1. The second kappa shape index (κ2) is 5.71. The van der Waals surface area contributed by atoms with Crippen LogP contribution in [-0.4, -0.2) is 36.5 Å². The number of carbonyl (C=O) groups excluding carboxylic acids is 1. The first-order valence-electron chi connectivity index (χ1n) is 5.66. The van der Waals surface area contributed by atoms with Gasteiger partial charge in [0.1, 0.15) is 5.82 Å². The minimum Gasteiger partial charge on any atom is -0.336 e. The molecule has 1 aromatic rings. The van der Waals surface area contributed by atoms with Gasteiger partial charge in [-0.1, -0.05) is 11.6 Å². The summed E-state index contributed by atoms with van der Waals surface area (Å²) in [6.45, 7) is 4.08. The van der Waals surface area contributed by atoms with Crippen molar-refractivity contribution in [2.24, 2.45) is 0 Å². The number of hydrogen-bond donors (Lipinski definition) is 1. The molecule has 1 N–H and O–H groups in total. The Kier molecular flexibility index (Phi) is 4.45. The van der Waals surface area contributed by atoms with E-state index in [0.717, 1.165) is 6.54 Å². The van der Waals surface area contributed by atoms with Crippen molar-refractivity contribution >= 4 is 40.1 Å². The zero-order chi connectivity index (χ0) is 13.3. The van der Waals surface area contributed by atoms with E-state index in [2.05, 4.69) is 5.32 Å².